The zero-order valence-corrected chi connectivity index (χ0v) is 27.1. The SMILES string of the molecule is CC(NP(=O)(OCC1OC(n2ccc(N(P)P)nc2=O)C(F)(F)C1OP)Oc1ccccc1)C(=O)OCc1ccccc1. The maximum absolute atomic E-state index is 15.5. The van der Waals surface area contributed by atoms with Crippen molar-refractivity contribution in [1.82, 2.24) is 14.6 Å². The summed E-state index contributed by atoms with van der Waals surface area (Å²) in [6.45, 7) is 0.618. The van der Waals surface area contributed by atoms with Crippen molar-refractivity contribution in [2.75, 3.05) is 11.0 Å². The Labute approximate surface area is 253 Å². The lowest BCUT2D eigenvalue weighted by Gasteiger charge is -2.25. The van der Waals surface area contributed by atoms with Crippen LogP contribution in [0.25, 0.3) is 0 Å². The zero-order chi connectivity index (χ0) is 31.2. The number of para-hydroxylation sites is 1. The first-order chi connectivity index (χ1) is 20.4. The van der Waals surface area contributed by atoms with Gasteiger partial charge in [-0.15, -0.1) is 0 Å². The van der Waals surface area contributed by atoms with Crippen molar-refractivity contribution in [1.29, 1.82) is 0 Å². The van der Waals surface area contributed by atoms with Crippen LogP contribution in [0.4, 0.5) is 14.6 Å². The minimum Gasteiger partial charge on any atom is -0.460 e. The number of aromatic nitrogens is 2. The van der Waals surface area contributed by atoms with Crippen LogP contribution in [0.3, 0.4) is 0 Å². The van der Waals surface area contributed by atoms with Gasteiger partial charge >= 0.3 is 25.3 Å². The van der Waals surface area contributed by atoms with Crippen LogP contribution < -0.4 is 19.7 Å². The van der Waals surface area contributed by atoms with Crippen molar-refractivity contribution in [3.63, 3.8) is 0 Å². The van der Waals surface area contributed by atoms with E-state index >= 15 is 8.78 Å². The number of halogens is 2. The van der Waals surface area contributed by atoms with Gasteiger partial charge in [0.05, 0.1) is 6.61 Å². The topological polar surface area (TPSA) is 130 Å². The van der Waals surface area contributed by atoms with Gasteiger partial charge in [-0.1, -0.05) is 48.5 Å². The Balaban J connectivity index is 1.51. The summed E-state index contributed by atoms with van der Waals surface area (Å²) >= 11 is 0. The summed E-state index contributed by atoms with van der Waals surface area (Å²) in [5.74, 6) is -4.19. The molecule has 12 nitrogen and oxygen atoms in total. The van der Waals surface area contributed by atoms with Gasteiger partial charge in [0.15, 0.2) is 6.10 Å². The number of carbonyl (C=O) groups excluding carboxylic acids is 1. The summed E-state index contributed by atoms with van der Waals surface area (Å²) in [5.41, 5.74) is -0.257. The van der Waals surface area contributed by atoms with Gasteiger partial charge in [0, 0.05) is 15.7 Å². The van der Waals surface area contributed by atoms with Gasteiger partial charge in [-0.3, -0.25) is 13.9 Å². The lowest BCUT2D eigenvalue weighted by molar-refractivity contribution is -0.146. The molecule has 232 valence electrons. The normalized spacial score (nSPS) is 21.5. The van der Waals surface area contributed by atoms with Crippen LogP contribution in [0.2, 0.25) is 0 Å². The Morgan fingerprint density at radius 1 is 1.16 bits per heavy atom. The van der Waals surface area contributed by atoms with E-state index in [-0.39, 0.29) is 18.2 Å². The Morgan fingerprint density at radius 2 is 1.81 bits per heavy atom. The molecule has 0 bridgehead atoms. The molecular weight excluding hydrogens is 646 g/mol. The number of hydrogen-bond acceptors (Lipinski definition) is 10. The number of ether oxygens (including phenoxy) is 2. The van der Waals surface area contributed by atoms with Gasteiger partial charge < -0.3 is 23.0 Å². The Bertz CT molecular complexity index is 1490. The second-order valence-corrected chi connectivity index (χ2v) is 13.0. The third-order valence-corrected chi connectivity index (χ3v) is 8.60. The molecule has 1 fully saturated rings. The van der Waals surface area contributed by atoms with Crippen LogP contribution in [0.5, 0.6) is 5.75 Å². The molecule has 0 aliphatic carbocycles. The average Bonchev–Trinajstić information content (AvgIpc) is 3.24. The molecule has 0 radical (unpaired) electrons. The third-order valence-electron chi connectivity index (χ3n) is 6.14. The first-order valence-electron chi connectivity index (χ1n) is 12.7. The number of nitrogens with one attached hydrogen (secondary N) is 1. The quantitative estimate of drug-likeness (QED) is 0.206. The molecule has 8 unspecified atom stereocenters. The van der Waals surface area contributed by atoms with E-state index in [4.69, 9.17) is 23.0 Å². The molecule has 18 heteroatoms. The Hall–Kier alpha value is -2.39. The van der Waals surface area contributed by atoms with Crippen LogP contribution in [-0.2, 0) is 34.5 Å². The number of hydrogen-bond donors (Lipinski definition) is 1. The molecule has 4 rings (SSSR count). The number of esters is 1. The number of nitrogens with zero attached hydrogens (tertiary/aromatic N) is 3. The van der Waals surface area contributed by atoms with Crippen molar-refractivity contribution >= 4 is 47.8 Å². The number of carbonyl (C=O) groups is 1. The molecule has 0 amide bonds. The van der Waals surface area contributed by atoms with Crippen molar-refractivity contribution in [2.24, 2.45) is 0 Å². The molecule has 1 N–H and O–H groups in total. The highest BCUT2D eigenvalue weighted by Gasteiger charge is 2.61. The number of benzene rings is 2. The van der Waals surface area contributed by atoms with Crippen molar-refractivity contribution in [3.8, 4) is 5.75 Å². The molecule has 1 aromatic heterocycles. The second kappa shape index (κ2) is 14.6. The van der Waals surface area contributed by atoms with Gasteiger partial charge in [0.25, 0.3) is 0 Å². The lowest BCUT2D eigenvalue weighted by atomic mass is 10.1. The maximum atomic E-state index is 15.5. The summed E-state index contributed by atoms with van der Waals surface area (Å²) in [6.07, 6.45) is -4.47. The van der Waals surface area contributed by atoms with E-state index in [0.29, 0.717) is 4.57 Å². The predicted molar refractivity (Wildman–Crippen MR) is 163 cm³/mol. The average molecular weight is 676 g/mol. The van der Waals surface area contributed by atoms with Gasteiger partial charge in [-0.25, -0.2) is 9.36 Å². The molecule has 8 atom stereocenters. The fourth-order valence-electron chi connectivity index (χ4n) is 4.02. The van der Waals surface area contributed by atoms with Crippen LogP contribution in [-0.4, -0.2) is 46.3 Å². The van der Waals surface area contributed by atoms with E-state index in [1.54, 1.807) is 51.9 Å². The first-order valence-corrected chi connectivity index (χ1v) is 15.7. The van der Waals surface area contributed by atoms with Crippen molar-refractivity contribution in [2.45, 2.75) is 43.9 Å². The molecule has 0 spiro atoms. The van der Waals surface area contributed by atoms with Crippen molar-refractivity contribution < 1.29 is 41.2 Å². The van der Waals surface area contributed by atoms with Gasteiger partial charge in [-0.2, -0.15) is 18.9 Å². The first kappa shape index (κ1) is 33.5. The largest absolute Gasteiger partial charge is 0.460 e. The van der Waals surface area contributed by atoms with Crippen LogP contribution in [0.1, 0.15) is 18.7 Å². The number of anilines is 1. The monoisotopic (exact) mass is 676 g/mol. The van der Waals surface area contributed by atoms with E-state index in [1.165, 1.54) is 29.6 Å². The number of alkyl halides is 2. The zero-order valence-electron chi connectivity index (χ0n) is 22.7. The van der Waals surface area contributed by atoms with Gasteiger partial charge in [0.1, 0.15) is 30.3 Å². The third kappa shape index (κ3) is 8.41. The molecule has 2 heterocycles. The van der Waals surface area contributed by atoms with Crippen LogP contribution in [0, 0.1) is 0 Å². The van der Waals surface area contributed by atoms with Crippen molar-refractivity contribution in [3.05, 3.63) is 89.0 Å². The van der Waals surface area contributed by atoms with E-state index in [1.807, 2.05) is 6.07 Å². The molecule has 1 aliphatic heterocycles. The standard InChI is InChI=1S/C25H30F2N4O8P4/c1-16(22(32)35-14-17-8-4-2-5-9-17)29-43(34,39-18-10-6-3-7-11-18)36-15-19-21(38-42)25(26,27)23(37-19)30-13-12-20(31(40)41)28-24(30)33/h2-13,16,19,21,23H,14-15,40-42H2,1H3,(H,29,34). The summed E-state index contributed by atoms with van der Waals surface area (Å²) in [6, 6.07) is 17.0. The van der Waals surface area contributed by atoms with Gasteiger partial charge in [-0.05, 0) is 49.5 Å². The van der Waals surface area contributed by atoms with Crippen LogP contribution in [0.15, 0.2) is 77.7 Å². The smallest absolute Gasteiger partial charge is 0.459 e. The maximum Gasteiger partial charge on any atom is 0.459 e. The molecule has 2 aromatic carbocycles. The van der Waals surface area contributed by atoms with E-state index in [2.05, 4.69) is 28.9 Å². The highest BCUT2D eigenvalue weighted by Crippen LogP contribution is 2.49. The fourth-order valence-corrected chi connectivity index (χ4v) is 6.17. The molecule has 43 heavy (non-hydrogen) atoms. The highest BCUT2D eigenvalue weighted by atomic mass is 31.2. The lowest BCUT2D eigenvalue weighted by Crippen LogP contribution is -2.42. The van der Waals surface area contributed by atoms with Gasteiger partial charge in [0.2, 0.25) is 6.23 Å². The molecular formula is C25H30F2N4O8P4. The summed E-state index contributed by atoms with van der Waals surface area (Å²) in [4.78, 5) is 29.0. The van der Waals surface area contributed by atoms with Crippen LogP contribution >= 0.6 is 36.0 Å². The summed E-state index contributed by atoms with van der Waals surface area (Å²) in [5, 5.41) is 2.50. The fraction of sp³-hybridized carbons (Fsp3) is 0.320. The summed E-state index contributed by atoms with van der Waals surface area (Å²) in [7, 11) is 1.84. The minimum absolute atomic E-state index is 0.0304. The second-order valence-electron chi connectivity index (χ2n) is 9.28. The minimum atomic E-state index is -4.43. The number of rotatable bonds is 13. The Morgan fingerprint density at radius 3 is 2.42 bits per heavy atom. The van der Waals surface area contributed by atoms with E-state index < -0.39 is 56.4 Å². The van der Waals surface area contributed by atoms with E-state index in [9.17, 15) is 14.2 Å². The van der Waals surface area contributed by atoms with E-state index in [0.717, 1.165) is 11.8 Å². The highest BCUT2D eigenvalue weighted by molar-refractivity contribution is 7.52. The predicted octanol–water partition coefficient (Wildman–Crippen LogP) is 4.26. The Kier molecular flexibility index (Phi) is 11.4. The molecule has 0 saturated carbocycles. The molecule has 1 aliphatic rings. The molecule has 1 saturated heterocycles. The summed E-state index contributed by atoms with van der Waals surface area (Å²) < 4.78 is 73.7. The molecule has 3 aromatic rings.